The van der Waals surface area contributed by atoms with Crippen molar-refractivity contribution in [3.05, 3.63) is 106 Å². The van der Waals surface area contributed by atoms with Crippen LogP contribution in [0, 0.1) is 88.9 Å². The zero-order valence-electron chi connectivity index (χ0n) is 54.4. The van der Waals surface area contributed by atoms with Crippen LogP contribution in [0.5, 0.6) is 0 Å². The zero-order chi connectivity index (χ0) is 63.4. The van der Waals surface area contributed by atoms with E-state index in [1.165, 1.54) is 30.0 Å². The van der Waals surface area contributed by atoms with Crippen molar-refractivity contribution in [1.29, 1.82) is 5.26 Å². The van der Waals surface area contributed by atoms with E-state index in [9.17, 15) is 19.2 Å². The molecule has 88 heavy (non-hydrogen) atoms. The number of piperidine rings is 2. The maximum atomic E-state index is 13.2. The first-order chi connectivity index (χ1) is 40.8. The number of carbonyl (C=O) groups is 4. The molecule has 2 aromatic carbocycles. The number of amides is 3. The number of carboxylic acid groups (broad SMARTS) is 1. The maximum Gasteiger partial charge on any atom is 0.482 e. The van der Waals surface area contributed by atoms with Gasteiger partial charge in [0.15, 0.2) is 0 Å². The standard InChI is InChI=1S/C34H48BN3O5.C26H39BN2O4.C8H11NO2.CH4/c1-22-11-13-23(14-12-22)16-29(35-42-28-18-25-17-27(33(25,5)6)34(28,7)43-35)37-31(40)41-21-24-10-9-15-38(20-24)30(39)26(36-8)19-32(2,3)4;1-17-7-9-18(10-8-17)12-23(29-24(30)31-16-19-6-5-11-28-15-19)27-32-22-14-20-13-21(25(20,2)3)26(22,4)33-27;1-8(2,3)4-6(5-9)7(10)11;/h11-14,19,24-25,27-29H,9-10,15-18,20-21H2,1-7H3,(H,37,40);7-10,19-23,28H,5-6,11-16H2,1-4H3,(H,29,30);4H,1-3H3,(H,10,11);1H4/t24-,25-,27-,28+,29-,34-;19-,20-,21-,22+,23-,26-;;/m00../s1. The summed E-state index contributed by atoms with van der Waals surface area (Å²) >= 11 is 0. The lowest BCUT2D eigenvalue weighted by Crippen LogP contribution is -2.65. The summed E-state index contributed by atoms with van der Waals surface area (Å²) in [5, 5.41) is 26.4. The van der Waals surface area contributed by atoms with Crippen molar-refractivity contribution in [3.63, 3.8) is 0 Å². The van der Waals surface area contributed by atoms with Crippen LogP contribution in [-0.2, 0) is 50.5 Å². The topological polar surface area (TPSA) is 211 Å². The number of aryl methyl sites for hydroxylation is 2. The molecule has 2 aromatic rings. The smallest absolute Gasteiger partial charge is 0.477 e. The molecule has 19 heteroatoms. The summed E-state index contributed by atoms with van der Waals surface area (Å²) in [4.78, 5) is 54.6. The summed E-state index contributed by atoms with van der Waals surface area (Å²) in [5.74, 6) is 0.530. The molecule has 4 bridgehead atoms. The summed E-state index contributed by atoms with van der Waals surface area (Å²) in [6.45, 7) is 40.6. The molecular weight excluding hydrogens is 1110 g/mol. The first-order valence-electron chi connectivity index (χ1n) is 31.9. The third-order valence-electron chi connectivity index (χ3n) is 20.3. The maximum absolute atomic E-state index is 13.2. The van der Waals surface area contributed by atoms with E-state index in [1.807, 2.05) is 41.5 Å². The van der Waals surface area contributed by atoms with Crippen molar-refractivity contribution in [1.82, 2.24) is 20.9 Å². The number of allylic oxidation sites excluding steroid dienone is 2. The Morgan fingerprint density at radius 2 is 1.20 bits per heavy atom. The van der Waals surface area contributed by atoms with Crippen LogP contribution >= 0.6 is 0 Å². The fraction of sp³-hybridized carbons (Fsp3) is 0.681. The fourth-order valence-corrected chi connectivity index (χ4v) is 15.0. The van der Waals surface area contributed by atoms with Crippen molar-refractivity contribution in [2.45, 2.75) is 204 Å². The second kappa shape index (κ2) is 28.2. The molecule has 0 radical (unpaired) electrons. The summed E-state index contributed by atoms with van der Waals surface area (Å²) < 4.78 is 37.9. The molecule has 10 fully saturated rings. The number of carbonyl (C=O) groups excluding carboxylic acids is 3. The number of alkyl carbamates (subject to hydrolysis) is 2. The van der Waals surface area contributed by atoms with Crippen LogP contribution in [0.15, 0.2) is 72.0 Å². The van der Waals surface area contributed by atoms with Crippen LogP contribution in [0.2, 0.25) is 0 Å². The van der Waals surface area contributed by atoms with Crippen LogP contribution in [0.3, 0.4) is 0 Å². The monoisotopic (exact) mass is 1210 g/mol. The number of likely N-dealkylation sites (tertiary alicyclic amines) is 1. The third-order valence-corrected chi connectivity index (χ3v) is 20.3. The van der Waals surface area contributed by atoms with E-state index in [0.717, 1.165) is 62.7 Å². The molecule has 12 atom stereocenters. The Balaban J connectivity index is 0.000000217. The molecule has 10 aliphatic rings. The minimum Gasteiger partial charge on any atom is -0.477 e. The average Bonchev–Trinajstić information content (AvgIpc) is 1.37. The number of hydrogen-bond donors (Lipinski definition) is 4. The molecule has 0 unspecified atom stereocenters. The summed E-state index contributed by atoms with van der Waals surface area (Å²) in [6.07, 6.45) is 11.9. The summed E-state index contributed by atoms with van der Waals surface area (Å²) in [6, 6.07) is 18.4. The highest BCUT2D eigenvalue weighted by Gasteiger charge is 2.70. The molecule has 6 aliphatic carbocycles. The number of hydrogen-bond acceptors (Lipinski definition) is 12. The van der Waals surface area contributed by atoms with E-state index in [-0.39, 0.29) is 94.2 Å². The second-order valence-corrected chi connectivity index (χ2v) is 30.1. The zero-order valence-corrected chi connectivity index (χ0v) is 54.4. The molecule has 4 heterocycles. The van der Waals surface area contributed by atoms with E-state index in [4.69, 9.17) is 45.0 Å². The van der Waals surface area contributed by atoms with E-state index in [0.29, 0.717) is 62.1 Å². The molecule has 3 amide bonds. The number of aliphatic carboxylic acids is 1. The number of benzene rings is 2. The average molecular weight is 1210 g/mol. The Morgan fingerprint density at radius 3 is 1.59 bits per heavy atom. The number of ether oxygens (including phenoxy) is 2. The van der Waals surface area contributed by atoms with Crippen LogP contribution < -0.4 is 16.0 Å². The fourth-order valence-electron chi connectivity index (χ4n) is 15.0. The highest BCUT2D eigenvalue weighted by molar-refractivity contribution is 6.48. The van der Waals surface area contributed by atoms with Crippen molar-refractivity contribution in [3.8, 4) is 6.07 Å². The Bertz CT molecular complexity index is 2920. The van der Waals surface area contributed by atoms with Gasteiger partial charge in [-0.25, -0.2) is 19.2 Å². The first kappa shape index (κ1) is 69.8. The van der Waals surface area contributed by atoms with Crippen molar-refractivity contribution in [2.75, 3.05) is 39.4 Å². The van der Waals surface area contributed by atoms with Crippen molar-refractivity contribution < 1.29 is 52.4 Å². The molecule has 0 spiro atoms. The molecule has 4 N–H and O–H groups in total. The SMILES string of the molecule is C.CC(C)(C)C=C(C#N)C(=O)O.Cc1ccc(C[C@H](NC(=O)OC[C@H]2CCCNC2)B2O[C@@H]3C[C@@H]4C[C@@H](C4(C)C)[C@]3(C)O2)cc1.[C-]#[N+]C(=CC(C)(C)C)C(=O)N1CCC[C@H](COC(=O)N[C@@H](Cc2ccc(C)cc2)B2O[C@@H]3C[C@@H]4C[C@@H](C4(C)C)[C@]3(C)O2)C1. The van der Waals surface area contributed by atoms with Crippen LogP contribution in [0.4, 0.5) is 9.59 Å². The van der Waals surface area contributed by atoms with Gasteiger partial charge in [-0.2, -0.15) is 5.26 Å². The quantitative estimate of drug-likeness (QED) is 0.0601. The molecule has 4 aliphatic heterocycles. The minimum atomic E-state index is -1.16. The highest BCUT2D eigenvalue weighted by atomic mass is 16.7. The first-order valence-corrected chi connectivity index (χ1v) is 31.9. The van der Waals surface area contributed by atoms with Crippen molar-refractivity contribution >= 4 is 38.3 Å². The lowest BCUT2D eigenvalue weighted by molar-refractivity contribution is -0.199. The van der Waals surface area contributed by atoms with Crippen LogP contribution in [-0.4, -0.2) is 123 Å². The van der Waals surface area contributed by atoms with Gasteiger partial charge < -0.3 is 54.0 Å². The molecule has 480 valence electrons. The number of nitrogens with zero attached hydrogens (tertiary/aromatic N) is 3. The van der Waals surface area contributed by atoms with Crippen molar-refractivity contribution in [2.24, 2.45) is 57.2 Å². The van der Waals surface area contributed by atoms with E-state index >= 15 is 0 Å². The predicted molar refractivity (Wildman–Crippen MR) is 343 cm³/mol. The number of rotatable bonds is 14. The molecular formula is C69H102B2N6O11. The van der Waals surface area contributed by atoms with E-state index in [2.05, 4.69) is 125 Å². The Kier molecular flexibility index (Phi) is 22.4. The summed E-state index contributed by atoms with van der Waals surface area (Å²) in [5.41, 5.74) is 3.92. The van der Waals surface area contributed by atoms with Gasteiger partial charge in [-0.05, 0) is 155 Å². The van der Waals surface area contributed by atoms with Gasteiger partial charge in [0.1, 0.15) is 11.6 Å². The summed E-state index contributed by atoms with van der Waals surface area (Å²) in [7, 11) is -1.04. The van der Waals surface area contributed by atoms with Gasteiger partial charge in [0.25, 0.3) is 5.91 Å². The largest absolute Gasteiger partial charge is 0.482 e. The minimum absolute atomic E-state index is 0. The Labute approximate surface area is 526 Å². The molecule has 4 saturated heterocycles. The predicted octanol–water partition coefficient (Wildman–Crippen LogP) is 12.1. The van der Waals surface area contributed by atoms with Gasteiger partial charge in [-0.1, -0.05) is 148 Å². The second-order valence-electron chi connectivity index (χ2n) is 30.1. The van der Waals surface area contributed by atoms with Gasteiger partial charge in [0, 0.05) is 31.5 Å². The number of carboxylic acids is 1. The molecule has 12 rings (SSSR count). The van der Waals surface area contributed by atoms with Crippen LogP contribution in [0.1, 0.15) is 164 Å². The normalized spacial score (nSPS) is 29.7. The molecule has 0 aromatic heterocycles. The van der Waals surface area contributed by atoms with Gasteiger partial charge in [0.05, 0.1) is 55.1 Å². The third kappa shape index (κ3) is 16.6. The highest BCUT2D eigenvalue weighted by Crippen LogP contribution is 2.67. The van der Waals surface area contributed by atoms with E-state index in [1.54, 1.807) is 17.0 Å². The molecule has 17 nitrogen and oxygen atoms in total. The van der Waals surface area contributed by atoms with E-state index < -0.39 is 32.2 Å². The Hall–Kier alpha value is -5.69. The van der Waals surface area contributed by atoms with Gasteiger partial charge >= 0.3 is 32.4 Å². The van der Waals surface area contributed by atoms with Gasteiger partial charge in [0.2, 0.25) is 5.70 Å². The number of nitriles is 1. The lowest BCUT2D eigenvalue weighted by Gasteiger charge is -2.64. The number of nitrogens with one attached hydrogen (secondary N) is 3. The van der Waals surface area contributed by atoms with Gasteiger partial charge in [-0.15, -0.1) is 0 Å². The van der Waals surface area contributed by atoms with Gasteiger partial charge in [-0.3, -0.25) is 4.79 Å². The van der Waals surface area contributed by atoms with Crippen LogP contribution in [0.25, 0.3) is 4.85 Å². The Morgan fingerprint density at radius 1 is 0.750 bits per heavy atom. The molecule has 6 saturated carbocycles. The lowest BCUT2D eigenvalue weighted by atomic mass is 9.43.